The highest BCUT2D eigenvalue weighted by Gasteiger charge is 2.38. The van der Waals surface area contributed by atoms with Crippen LogP contribution in [0.2, 0.25) is 5.02 Å². The third kappa shape index (κ3) is 5.96. The van der Waals surface area contributed by atoms with E-state index >= 15 is 0 Å². The van der Waals surface area contributed by atoms with Gasteiger partial charge in [-0.05, 0) is 48.7 Å². The van der Waals surface area contributed by atoms with Crippen molar-refractivity contribution < 1.29 is 14.6 Å². The Bertz CT molecular complexity index is 753. The number of benzene rings is 2. The van der Waals surface area contributed by atoms with Crippen LogP contribution in [0.15, 0.2) is 53.0 Å². The normalized spacial score (nSPS) is 13.1. The summed E-state index contributed by atoms with van der Waals surface area (Å²) in [5, 5.41) is 12.1. The van der Waals surface area contributed by atoms with Crippen LogP contribution in [-0.4, -0.2) is 23.5 Å². The van der Waals surface area contributed by atoms with Crippen molar-refractivity contribution in [3.8, 4) is 0 Å². The Morgan fingerprint density at radius 1 is 1.22 bits per heavy atom. The van der Waals surface area contributed by atoms with Gasteiger partial charge >= 0.3 is 6.09 Å². The van der Waals surface area contributed by atoms with E-state index in [1.807, 2.05) is 38.1 Å². The van der Waals surface area contributed by atoms with Crippen molar-refractivity contribution in [3.63, 3.8) is 0 Å². The van der Waals surface area contributed by atoms with E-state index in [2.05, 4.69) is 15.9 Å². The van der Waals surface area contributed by atoms with Gasteiger partial charge in [0.25, 0.3) is 0 Å². The van der Waals surface area contributed by atoms with Gasteiger partial charge < -0.3 is 9.84 Å². The van der Waals surface area contributed by atoms with Crippen LogP contribution in [0.5, 0.6) is 0 Å². The molecule has 0 aromatic heterocycles. The standard InChI is InChI=1S/C21H25BrClNO3/c1-3-5-13-27-20(25)24(19-8-6-7-17(22)14-19)21(26,4-2)15-16-9-11-18(23)12-10-16/h6-12,14,26H,3-5,13,15H2,1-2H3. The summed E-state index contributed by atoms with van der Waals surface area (Å²) in [6.45, 7) is 4.20. The lowest BCUT2D eigenvalue weighted by Gasteiger charge is -2.38. The first-order chi connectivity index (χ1) is 12.9. The predicted octanol–water partition coefficient (Wildman–Crippen LogP) is 6.19. The monoisotopic (exact) mass is 453 g/mol. The number of rotatable bonds is 8. The zero-order valence-corrected chi connectivity index (χ0v) is 18.0. The van der Waals surface area contributed by atoms with E-state index in [0.29, 0.717) is 23.7 Å². The predicted molar refractivity (Wildman–Crippen MR) is 113 cm³/mol. The van der Waals surface area contributed by atoms with E-state index in [1.165, 1.54) is 4.90 Å². The van der Waals surface area contributed by atoms with Gasteiger partial charge in [0.05, 0.1) is 12.3 Å². The first-order valence-corrected chi connectivity index (χ1v) is 10.3. The minimum Gasteiger partial charge on any atom is -0.449 e. The van der Waals surface area contributed by atoms with Gasteiger partial charge in [-0.15, -0.1) is 0 Å². The maximum absolute atomic E-state index is 12.9. The topological polar surface area (TPSA) is 49.8 Å². The summed E-state index contributed by atoms with van der Waals surface area (Å²) >= 11 is 9.39. The molecule has 0 radical (unpaired) electrons. The molecule has 1 atom stereocenters. The number of aliphatic hydroxyl groups is 1. The van der Waals surface area contributed by atoms with Crippen LogP contribution in [0.25, 0.3) is 0 Å². The number of ether oxygens (including phenoxy) is 1. The molecule has 4 nitrogen and oxygen atoms in total. The molecule has 1 amide bonds. The molecule has 0 heterocycles. The van der Waals surface area contributed by atoms with Gasteiger partial charge in [-0.3, -0.25) is 0 Å². The fraction of sp³-hybridized carbons (Fsp3) is 0.381. The number of carbonyl (C=O) groups is 1. The lowest BCUT2D eigenvalue weighted by molar-refractivity contribution is 0.0283. The van der Waals surface area contributed by atoms with E-state index in [0.717, 1.165) is 22.9 Å². The lowest BCUT2D eigenvalue weighted by Crippen LogP contribution is -2.54. The Balaban J connectivity index is 2.38. The summed E-state index contributed by atoms with van der Waals surface area (Å²) in [6.07, 6.45) is 1.74. The van der Waals surface area contributed by atoms with Crippen LogP contribution in [0.4, 0.5) is 10.5 Å². The molecule has 1 unspecified atom stereocenters. The van der Waals surface area contributed by atoms with Crippen LogP contribution in [0.3, 0.4) is 0 Å². The van der Waals surface area contributed by atoms with Crippen molar-refractivity contribution in [1.29, 1.82) is 0 Å². The molecule has 0 aliphatic carbocycles. The number of hydrogen-bond acceptors (Lipinski definition) is 3. The third-order valence-corrected chi connectivity index (χ3v) is 5.10. The van der Waals surface area contributed by atoms with E-state index in [9.17, 15) is 9.90 Å². The first-order valence-electron chi connectivity index (χ1n) is 9.09. The van der Waals surface area contributed by atoms with Crippen LogP contribution in [0.1, 0.15) is 38.7 Å². The smallest absolute Gasteiger partial charge is 0.416 e. The molecule has 0 aliphatic rings. The van der Waals surface area contributed by atoms with Crippen LogP contribution < -0.4 is 4.90 Å². The van der Waals surface area contributed by atoms with Crippen LogP contribution in [0, 0.1) is 0 Å². The van der Waals surface area contributed by atoms with Gasteiger partial charge in [-0.25, -0.2) is 9.69 Å². The molecular formula is C21H25BrClNO3. The van der Waals surface area contributed by atoms with E-state index in [4.69, 9.17) is 16.3 Å². The van der Waals surface area contributed by atoms with Gasteiger partial charge in [0.1, 0.15) is 0 Å². The average Bonchev–Trinajstić information content (AvgIpc) is 2.64. The number of anilines is 1. The minimum atomic E-state index is -1.43. The van der Waals surface area contributed by atoms with Gasteiger partial charge in [-0.2, -0.15) is 0 Å². The minimum absolute atomic E-state index is 0.260. The summed E-state index contributed by atoms with van der Waals surface area (Å²) in [5.74, 6) is 0. The van der Waals surface area contributed by atoms with Crippen molar-refractivity contribution in [3.05, 3.63) is 63.6 Å². The maximum Gasteiger partial charge on any atom is 0.416 e. The summed E-state index contributed by atoms with van der Waals surface area (Å²) in [7, 11) is 0. The summed E-state index contributed by atoms with van der Waals surface area (Å²) in [5.41, 5.74) is 0.0204. The zero-order chi connectivity index (χ0) is 19.9. The van der Waals surface area contributed by atoms with Gasteiger partial charge in [0.2, 0.25) is 0 Å². The number of hydrogen-bond donors (Lipinski definition) is 1. The van der Waals surface area contributed by atoms with Crippen molar-refractivity contribution in [2.24, 2.45) is 0 Å². The van der Waals surface area contributed by atoms with Gasteiger partial charge in [0.15, 0.2) is 5.72 Å². The number of carbonyl (C=O) groups excluding carboxylic acids is 1. The molecule has 2 rings (SSSR count). The maximum atomic E-state index is 12.9. The fourth-order valence-corrected chi connectivity index (χ4v) is 3.30. The highest BCUT2D eigenvalue weighted by Crippen LogP contribution is 2.31. The molecule has 2 aromatic carbocycles. The Kier molecular flexibility index (Phi) is 8.14. The molecule has 0 saturated heterocycles. The second-order valence-electron chi connectivity index (χ2n) is 6.42. The molecule has 0 aliphatic heterocycles. The molecule has 2 aromatic rings. The van der Waals surface area contributed by atoms with Crippen LogP contribution >= 0.6 is 27.5 Å². The Hall–Kier alpha value is -1.56. The average molecular weight is 455 g/mol. The van der Waals surface area contributed by atoms with E-state index in [1.54, 1.807) is 24.3 Å². The Morgan fingerprint density at radius 2 is 1.93 bits per heavy atom. The molecule has 0 spiro atoms. The number of nitrogens with zero attached hydrogens (tertiary/aromatic N) is 1. The molecule has 27 heavy (non-hydrogen) atoms. The quantitative estimate of drug-likeness (QED) is 0.382. The molecule has 146 valence electrons. The van der Waals surface area contributed by atoms with Gasteiger partial charge in [-0.1, -0.05) is 66.0 Å². The lowest BCUT2D eigenvalue weighted by atomic mass is 9.98. The Labute approximate surface area is 174 Å². The molecule has 0 fully saturated rings. The molecule has 0 saturated carbocycles. The fourth-order valence-electron chi connectivity index (χ4n) is 2.79. The van der Waals surface area contributed by atoms with Crippen molar-refractivity contribution >= 4 is 39.3 Å². The molecule has 6 heteroatoms. The summed E-state index contributed by atoms with van der Waals surface area (Å²) in [4.78, 5) is 14.2. The van der Waals surface area contributed by atoms with Gasteiger partial charge in [0, 0.05) is 15.9 Å². The van der Waals surface area contributed by atoms with Crippen molar-refractivity contribution in [2.75, 3.05) is 11.5 Å². The highest BCUT2D eigenvalue weighted by atomic mass is 79.9. The molecule has 1 N–H and O–H groups in total. The highest BCUT2D eigenvalue weighted by molar-refractivity contribution is 9.10. The first kappa shape index (κ1) is 21.7. The van der Waals surface area contributed by atoms with E-state index in [-0.39, 0.29) is 6.42 Å². The molecule has 0 bridgehead atoms. The SMILES string of the molecule is CCCCOC(=O)N(c1cccc(Br)c1)C(O)(CC)Cc1ccc(Cl)cc1. The molecular weight excluding hydrogens is 430 g/mol. The second kappa shape index (κ2) is 10.1. The number of amides is 1. The van der Waals surface area contributed by atoms with Crippen molar-refractivity contribution in [1.82, 2.24) is 0 Å². The number of halogens is 2. The second-order valence-corrected chi connectivity index (χ2v) is 7.77. The number of unbranched alkanes of at least 4 members (excludes halogenated alkanes) is 1. The van der Waals surface area contributed by atoms with Crippen molar-refractivity contribution in [2.45, 2.75) is 45.3 Å². The largest absolute Gasteiger partial charge is 0.449 e. The van der Waals surface area contributed by atoms with Crippen LogP contribution in [-0.2, 0) is 11.2 Å². The summed E-state index contributed by atoms with van der Waals surface area (Å²) < 4.78 is 6.25. The Morgan fingerprint density at radius 3 is 2.52 bits per heavy atom. The third-order valence-electron chi connectivity index (χ3n) is 4.36. The van der Waals surface area contributed by atoms with E-state index < -0.39 is 11.8 Å². The zero-order valence-electron chi connectivity index (χ0n) is 15.6. The summed E-state index contributed by atoms with van der Waals surface area (Å²) in [6, 6.07) is 14.5.